The molecule has 1 N–H and O–H groups in total. The van der Waals surface area contributed by atoms with Crippen LogP contribution in [0.15, 0.2) is 34.9 Å². The van der Waals surface area contributed by atoms with E-state index in [0.29, 0.717) is 5.89 Å². The second kappa shape index (κ2) is 5.69. The highest BCUT2D eigenvalue weighted by atomic mass is 16.5. The molecule has 1 atom stereocenters. The second-order valence-electron chi connectivity index (χ2n) is 4.06. The highest BCUT2D eigenvalue weighted by Gasteiger charge is 2.16. The van der Waals surface area contributed by atoms with E-state index < -0.39 is 0 Å². The van der Waals surface area contributed by atoms with Crippen molar-refractivity contribution in [1.82, 2.24) is 10.3 Å². The van der Waals surface area contributed by atoms with Gasteiger partial charge in [-0.15, -0.1) is 0 Å². The van der Waals surface area contributed by atoms with Gasteiger partial charge in [0, 0.05) is 6.92 Å². The Morgan fingerprint density at radius 3 is 2.56 bits per heavy atom. The van der Waals surface area contributed by atoms with E-state index in [-0.39, 0.29) is 6.04 Å². The normalized spacial score (nSPS) is 12.4. The third-order valence-corrected chi connectivity index (χ3v) is 2.79. The van der Waals surface area contributed by atoms with Crippen LogP contribution in [0.4, 0.5) is 0 Å². The van der Waals surface area contributed by atoms with Crippen LogP contribution < -0.4 is 10.1 Å². The van der Waals surface area contributed by atoms with Crippen molar-refractivity contribution in [2.45, 2.75) is 19.9 Å². The molecule has 1 heterocycles. The van der Waals surface area contributed by atoms with Crippen molar-refractivity contribution in [2.75, 3.05) is 13.7 Å². The van der Waals surface area contributed by atoms with Gasteiger partial charge in [0.1, 0.15) is 17.7 Å². The molecule has 1 aromatic heterocycles. The van der Waals surface area contributed by atoms with Crippen molar-refractivity contribution in [2.24, 2.45) is 0 Å². The lowest BCUT2D eigenvalue weighted by atomic mass is 10.0. The van der Waals surface area contributed by atoms with Gasteiger partial charge in [0.05, 0.1) is 13.2 Å². The van der Waals surface area contributed by atoms with E-state index in [4.69, 9.17) is 9.15 Å². The summed E-state index contributed by atoms with van der Waals surface area (Å²) in [5, 5.41) is 3.40. The van der Waals surface area contributed by atoms with Gasteiger partial charge in [0.15, 0.2) is 5.89 Å². The van der Waals surface area contributed by atoms with Gasteiger partial charge in [0.2, 0.25) is 0 Å². The number of hydrogen-bond acceptors (Lipinski definition) is 4. The quantitative estimate of drug-likeness (QED) is 0.881. The maximum Gasteiger partial charge on any atom is 0.191 e. The fourth-order valence-corrected chi connectivity index (χ4v) is 1.91. The molecular weight excluding hydrogens is 228 g/mol. The third kappa shape index (κ3) is 2.71. The smallest absolute Gasteiger partial charge is 0.191 e. The molecule has 96 valence electrons. The van der Waals surface area contributed by atoms with E-state index in [1.54, 1.807) is 13.4 Å². The van der Waals surface area contributed by atoms with Crippen LogP contribution in [0.3, 0.4) is 0 Å². The summed E-state index contributed by atoms with van der Waals surface area (Å²) in [6.45, 7) is 4.78. The Labute approximate surface area is 107 Å². The van der Waals surface area contributed by atoms with Gasteiger partial charge in [0.25, 0.3) is 0 Å². The van der Waals surface area contributed by atoms with Gasteiger partial charge in [-0.05, 0) is 24.2 Å². The average molecular weight is 246 g/mol. The van der Waals surface area contributed by atoms with Gasteiger partial charge in [-0.1, -0.05) is 19.1 Å². The molecule has 0 fully saturated rings. The Hall–Kier alpha value is -1.81. The molecule has 0 saturated carbocycles. The molecule has 4 nitrogen and oxygen atoms in total. The third-order valence-electron chi connectivity index (χ3n) is 2.79. The predicted octanol–water partition coefficient (Wildman–Crippen LogP) is 2.69. The number of nitrogens with zero attached hydrogens (tertiary/aromatic N) is 1. The van der Waals surface area contributed by atoms with Crippen molar-refractivity contribution >= 4 is 0 Å². The van der Waals surface area contributed by atoms with Gasteiger partial charge in [-0.3, -0.25) is 0 Å². The molecule has 0 radical (unpaired) electrons. The van der Waals surface area contributed by atoms with Crippen molar-refractivity contribution in [3.8, 4) is 5.75 Å². The van der Waals surface area contributed by atoms with Crippen LogP contribution in [0.1, 0.15) is 30.1 Å². The minimum Gasteiger partial charge on any atom is -0.497 e. The first-order valence-corrected chi connectivity index (χ1v) is 6.04. The summed E-state index contributed by atoms with van der Waals surface area (Å²) in [5.74, 6) is 1.53. The molecule has 0 saturated heterocycles. The molecule has 0 spiro atoms. The maximum atomic E-state index is 5.28. The summed E-state index contributed by atoms with van der Waals surface area (Å²) in [6.07, 6.45) is 1.70. The van der Waals surface area contributed by atoms with E-state index in [1.165, 1.54) is 0 Å². The van der Waals surface area contributed by atoms with Gasteiger partial charge in [-0.2, -0.15) is 0 Å². The lowest BCUT2D eigenvalue weighted by Gasteiger charge is -2.16. The van der Waals surface area contributed by atoms with E-state index in [2.05, 4.69) is 17.2 Å². The van der Waals surface area contributed by atoms with E-state index in [1.807, 2.05) is 31.2 Å². The zero-order valence-corrected chi connectivity index (χ0v) is 10.9. The molecule has 1 aromatic carbocycles. The Balaban J connectivity index is 2.28. The van der Waals surface area contributed by atoms with Crippen molar-refractivity contribution in [3.05, 3.63) is 47.7 Å². The monoisotopic (exact) mass is 246 g/mol. The second-order valence-corrected chi connectivity index (χ2v) is 4.06. The zero-order valence-electron chi connectivity index (χ0n) is 10.9. The maximum absolute atomic E-state index is 5.28. The fraction of sp³-hybridized carbons (Fsp3) is 0.357. The first-order valence-electron chi connectivity index (χ1n) is 6.04. The number of hydrogen-bond donors (Lipinski definition) is 1. The number of aryl methyl sites for hydroxylation is 1. The standard InChI is InChI=1S/C14H18N2O2/c1-4-15-14(13-9-18-10(2)16-13)11-5-7-12(17-3)8-6-11/h5-9,14-15H,4H2,1-3H3. The number of benzene rings is 1. The van der Waals surface area contributed by atoms with E-state index in [0.717, 1.165) is 23.6 Å². The summed E-state index contributed by atoms with van der Waals surface area (Å²) in [4.78, 5) is 4.39. The van der Waals surface area contributed by atoms with Gasteiger partial charge < -0.3 is 14.5 Å². The summed E-state index contributed by atoms with van der Waals surface area (Å²) in [7, 11) is 1.66. The Morgan fingerprint density at radius 2 is 2.06 bits per heavy atom. The summed E-state index contributed by atoms with van der Waals surface area (Å²) < 4.78 is 10.4. The molecule has 2 rings (SSSR count). The van der Waals surface area contributed by atoms with Crippen molar-refractivity contribution < 1.29 is 9.15 Å². The molecule has 0 bridgehead atoms. The van der Waals surface area contributed by atoms with Crippen LogP contribution in [-0.2, 0) is 0 Å². The molecule has 1 unspecified atom stereocenters. The molecule has 4 heteroatoms. The Morgan fingerprint density at radius 1 is 1.33 bits per heavy atom. The highest BCUT2D eigenvalue weighted by molar-refractivity contribution is 5.32. The van der Waals surface area contributed by atoms with E-state index >= 15 is 0 Å². The molecule has 0 aliphatic rings. The summed E-state index contributed by atoms with van der Waals surface area (Å²) >= 11 is 0. The molecule has 0 aliphatic heterocycles. The van der Waals surface area contributed by atoms with E-state index in [9.17, 15) is 0 Å². The number of aromatic nitrogens is 1. The first-order chi connectivity index (χ1) is 8.74. The van der Waals surface area contributed by atoms with Crippen LogP contribution in [0.25, 0.3) is 0 Å². The molecule has 18 heavy (non-hydrogen) atoms. The lowest BCUT2D eigenvalue weighted by Crippen LogP contribution is -2.22. The van der Waals surface area contributed by atoms with Crippen LogP contribution in [0, 0.1) is 6.92 Å². The first kappa shape index (κ1) is 12.6. The minimum atomic E-state index is 0.0540. The number of methoxy groups -OCH3 is 1. The van der Waals surface area contributed by atoms with Gasteiger partial charge >= 0.3 is 0 Å². The number of ether oxygens (including phenoxy) is 1. The van der Waals surface area contributed by atoms with Crippen molar-refractivity contribution in [1.29, 1.82) is 0 Å². The topological polar surface area (TPSA) is 47.3 Å². The molecular formula is C14H18N2O2. The summed E-state index contributed by atoms with van der Waals surface area (Å²) in [5.41, 5.74) is 2.05. The number of nitrogens with one attached hydrogen (secondary N) is 1. The van der Waals surface area contributed by atoms with Crippen LogP contribution in [-0.4, -0.2) is 18.6 Å². The Bertz CT molecular complexity index is 491. The number of oxazole rings is 1. The SMILES string of the molecule is CCNC(c1ccc(OC)cc1)c1coc(C)n1. The number of rotatable bonds is 5. The van der Waals surface area contributed by atoms with Gasteiger partial charge in [-0.25, -0.2) is 4.98 Å². The van der Waals surface area contributed by atoms with Crippen LogP contribution in [0.2, 0.25) is 0 Å². The lowest BCUT2D eigenvalue weighted by molar-refractivity contribution is 0.414. The van der Waals surface area contributed by atoms with Crippen LogP contribution >= 0.6 is 0 Å². The molecule has 2 aromatic rings. The summed E-state index contributed by atoms with van der Waals surface area (Å²) in [6, 6.07) is 8.03. The minimum absolute atomic E-state index is 0.0540. The molecule has 0 aliphatic carbocycles. The average Bonchev–Trinajstić information content (AvgIpc) is 2.82. The van der Waals surface area contributed by atoms with Crippen molar-refractivity contribution in [3.63, 3.8) is 0 Å². The highest BCUT2D eigenvalue weighted by Crippen LogP contribution is 2.23. The van der Waals surface area contributed by atoms with Crippen LogP contribution in [0.5, 0.6) is 5.75 Å². The Kier molecular flexibility index (Phi) is 3.99. The largest absolute Gasteiger partial charge is 0.497 e. The fourth-order valence-electron chi connectivity index (χ4n) is 1.91. The molecule has 0 amide bonds. The predicted molar refractivity (Wildman–Crippen MR) is 69.8 cm³/mol. The zero-order chi connectivity index (χ0) is 13.0.